The van der Waals surface area contributed by atoms with E-state index in [0.29, 0.717) is 18.4 Å². The number of carbonyl (C=O) groups excluding carboxylic acids is 1. The Morgan fingerprint density at radius 3 is 2.85 bits per heavy atom. The molecule has 0 unspecified atom stereocenters. The molecule has 1 amide bonds. The zero-order chi connectivity index (χ0) is 17.8. The summed E-state index contributed by atoms with van der Waals surface area (Å²) in [5.41, 5.74) is 1.11. The molecule has 2 aliphatic heterocycles. The van der Waals surface area contributed by atoms with E-state index >= 15 is 0 Å². The summed E-state index contributed by atoms with van der Waals surface area (Å²) in [6, 6.07) is 2.07. The van der Waals surface area contributed by atoms with Crippen molar-refractivity contribution in [3.05, 3.63) is 36.7 Å². The number of piperidine rings is 2. The van der Waals surface area contributed by atoms with Gasteiger partial charge >= 0.3 is 0 Å². The molecule has 140 valence electrons. The molecule has 0 aliphatic carbocycles. The Morgan fingerprint density at radius 1 is 1.23 bits per heavy atom. The average molecular weight is 356 g/mol. The first kappa shape index (κ1) is 17.3. The molecule has 4 heterocycles. The number of imidazole rings is 1. The molecule has 0 aromatic carbocycles. The van der Waals surface area contributed by atoms with Crippen LogP contribution in [0.3, 0.4) is 0 Å². The lowest BCUT2D eigenvalue weighted by Crippen LogP contribution is -2.41. The number of likely N-dealkylation sites (tertiary alicyclic amines) is 1. The quantitative estimate of drug-likeness (QED) is 0.881. The van der Waals surface area contributed by atoms with Gasteiger partial charge in [-0.2, -0.15) is 5.10 Å². The fraction of sp³-hybridized carbons (Fsp3) is 0.632. The van der Waals surface area contributed by atoms with Crippen molar-refractivity contribution in [1.82, 2.24) is 29.5 Å². The van der Waals surface area contributed by atoms with Crippen molar-refractivity contribution in [2.24, 2.45) is 5.92 Å². The van der Waals surface area contributed by atoms with Crippen LogP contribution >= 0.6 is 0 Å². The average Bonchev–Trinajstić information content (AvgIpc) is 3.35. The van der Waals surface area contributed by atoms with Crippen LogP contribution in [0.25, 0.3) is 0 Å². The number of aromatic nitrogens is 4. The van der Waals surface area contributed by atoms with Crippen molar-refractivity contribution < 1.29 is 4.79 Å². The van der Waals surface area contributed by atoms with Crippen molar-refractivity contribution in [3.8, 4) is 0 Å². The van der Waals surface area contributed by atoms with Crippen LogP contribution in [-0.2, 0) is 17.9 Å². The van der Waals surface area contributed by atoms with Crippen molar-refractivity contribution in [1.29, 1.82) is 0 Å². The second-order valence-electron chi connectivity index (χ2n) is 7.57. The molecule has 2 saturated heterocycles. The summed E-state index contributed by atoms with van der Waals surface area (Å²) in [6.45, 7) is 5.14. The molecule has 7 heteroatoms. The molecule has 0 spiro atoms. The molecule has 0 radical (unpaired) electrons. The SMILES string of the molecule is O=C(Cn1ccc([C@H]2CCCNC2)n1)N1CCC(Cn2ccnc2)CC1. The van der Waals surface area contributed by atoms with E-state index in [2.05, 4.69) is 26.0 Å². The highest BCUT2D eigenvalue weighted by molar-refractivity contribution is 5.76. The topological polar surface area (TPSA) is 68.0 Å². The van der Waals surface area contributed by atoms with Crippen molar-refractivity contribution in [3.63, 3.8) is 0 Å². The van der Waals surface area contributed by atoms with Crippen molar-refractivity contribution in [2.45, 2.75) is 44.7 Å². The minimum atomic E-state index is 0.183. The monoisotopic (exact) mass is 356 g/mol. The van der Waals surface area contributed by atoms with Gasteiger partial charge in [-0.1, -0.05) is 0 Å². The fourth-order valence-corrected chi connectivity index (χ4v) is 4.08. The van der Waals surface area contributed by atoms with Gasteiger partial charge in [-0.25, -0.2) is 4.98 Å². The highest BCUT2D eigenvalue weighted by Gasteiger charge is 2.24. The van der Waals surface area contributed by atoms with Crippen LogP contribution in [0.5, 0.6) is 0 Å². The van der Waals surface area contributed by atoms with Crippen LogP contribution in [-0.4, -0.2) is 56.3 Å². The first-order chi connectivity index (χ1) is 12.8. The Kier molecular flexibility index (Phi) is 5.34. The largest absolute Gasteiger partial charge is 0.341 e. The molecule has 2 aromatic rings. The van der Waals surface area contributed by atoms with Crippen LogP contribution in [0.1, 0.15) is 37.3 Å². The highest BCUT2D eigenvalue weighted by atomic mass is 16.2. The van der Waals surface area contributed by atoms with E-state index in [1.54, 1.807) is 0 Å². The molecule has 1 atom stereocenters. The maximum atomic E-state index is 12.6. The van der Waals surface area contributed by atoms with Crippen molar-refractivity contribution in [2.75, 3.05) is 26.2 Å². The van der Waals surface area contributed by atoms with E-state index in [4.69, 9.17) is 0 Å². The molecule has 7 nitrogen and oxygen atoms in total. The lowest BCUT2D eigenvalue weighted by Gasteiger charge is -2.32. The van der Waals surface area contributed by atoms with Crippen LogP contribution in [0.2, 0.25) is 0 Å². The molecule has 2 aliphatic rings. The predicted molar refractivity (Wildman–Crippen MR) is 98.6 cm³/mol. The number of nitrogens with one attached hydrogen (secondary N) is 1. The number of rotatable bonds is 5. The first-order valence-corrected chi connectivity index (χ1v) is 9.75. The summed E-state index contributed by atoms with van der Waals surface area (Å²) < 4.78 is 3.94. The van der Waals surface area contributed by atoms with Gasteiger partial charge in [-0.15, -0.1) is 0 Å². The predicted octanol–water partition coefficient (Wildman–Crippen LogP) is 1.49. The minimum Gasteiger partial charge on any atom is -0.341 e. The fourth-order valence-electron chi connectivity index (χ4n) is 4.08. The smallest absolute Gasteiger partial charge is 0.244 e. The van der Waals surface area contributed by atoms with E-state index in [0.717, 1.165) is 51.3 Å². The first-order valence-electron chi connectivity index (χ1n) is 9.75. The third-order valence-electron chi connectivity index (χ3n) is 5.67. The van der Waals surface area contributed by atoms with Crippen LogP contribution in [0.15, 0.2) is 31.0 Å². The molecule has 2 fully saturated rings. The second-order valence-corrected chi connectivity index (χ2v) is 7.57. The maximum absolute atomic E-state index is 12.6. The van der Waals surface area contributed by atoms with Gasteiger partial charge in [0, 0.05) is 50.7 Å². The van der Waals surface area contributed by atoms with Gasteiger partial charge in [0.15, 0.2) is 0 Å². The Bertz CT molecular complexity index is 695. The summed E-state index contributed by atoms with van der Waals surface area (Å²) in [5, 5.41) is 8.08. The molecule has 0 saturated carbocycles. The second kappa shape index (κ2) is 8.03. The Morgan fingerprint density at radius 2 is 2.12 bits per heavy atom. The van der Waals surface area contributed by atoms with Gasteiger partial charge in [-0.3, -0.25) is 9.48 Å². The summed E-state index contributed by atoms with van der Waals surface area (Å²) in [5.74, 6) is 1.30. The summed E-state index contributed by atoms with van der Waals surface area (Å²) >= 11 is 0. The number of hydrogen-bond acceptors (Lipinski definition) is 4. The molecular weight excluding hydrogens is 328 g/mol. The zero-order valence-corrected chi connectivity index (χ0v) is 15.3. The molecule has 4 rings (SSSR count). The third-order valence-corrected chi connectivity index (χ3v) is 5.67. The number of hydrogen-bond donors (Lipinski definition) is 1. The van der Waals surface area contributed by atoms with Crippen molar-refractivity contribution >= 4 is 5.91 Å². The van der Waals surface area contributed by atoms with E-state index in [9.17, 15) is 4.79 Å². The zero-order valence-electron chi connectivity index (χ0n) is 15.3. The molecule has 0 bridgehead atoms. The number of amides is 1. The van der Waals surface area contributed by atoms with Gasteiger partial charge < -0.3 is 14.8 Å². The maximum Gasteiger partial charge on any atom is 0.244 e. The number of nitrogens with zero attached hydrogens (tertiary/aromatic N) is 5. The third kappa shape index (κ3) is 4.15. The summed E-state index contributed by atoms with van der Waals surface area (Å²) in [4.78, 5) is 18.7. The van der Waals surface area contributed by atoms with Gasteiger partial charge in [0.05, 0.1) is 12.0 Å². The standard InChI is InChI=1S/C19H28N6O/c26-19(14-25-10-5-18(22-25)17-2-1-6-20-12-17)24-8-3-16(4-9-24)13-23-11-7-21-15-23/h5,7,10-11,15-17,20H,1-4,6,8-9,12-14H2/t17-/m0/s1. The Labute approximate surface area is 154 Å². The van der Waals surface area contributed by atoms with E-state index in [1.165, 1.54) is 12.8 Å². The van der Waals surface area contributed by atoms with Gasteiger partial charge in [0.2, 0.25) is 5.91 Å². The Balaban J connectivity index is 1.25. The van der Waals surface area contributed by atoms with Gasteiger partial charge in [0.1, 0.15) is 6.54 Å². The normalized spacial score (nSPS) is 21.8. The summed E-state index contributed by atoms with van der Waals surface area (Å²) in [6.07, 6.45) is 12.1. The number of carbonyl (C=O) groups is 1. The van der Waals surface area contributed by atoms with E-state index < -0.39 is 0 Å². The molecule has 26 heavy (non-hydrogen) atoms. The minimum absolute atomic E-state index is 0.183. The molecule has 1 N–H and O–H groups in total. The van der Waals surface area contributed by atoms with Crippen LogP contribution in [0.4, 0.5) is 0 Å². The van der Waals surface area contributed by atoms with Crippen LogP contribution in [0, 0.1) is 5.92 Å². The van der Waals surface area contributed by atoms with Crippen LogP contribution < -0.4 is 5.32 Å². The molecule has 2 aromatic heterocycles. The Hall–Kier alpha value is -2.15. The summed E-state index contributed by atoms with van der Waals surface area (Å²) in [7, 11) is 0. The van der Waals surface area contributed by atoms with Gasteiger partial charge in [0.25, 0.3) is 0 Å². The van der Waals surface area contributed by atoms with Gasteiger partial charge in [-0.05, 0) is 44.2 Å². The highest BCUT2D eigenvalue weighted by Crippen LogP contribution is 2.22. The lowest BCUT2D eigenvalue weighted by atomic mass is 9.96. The van der Waals surface area contributed by atoms with E-state index in [-0.39, 0.29) is 5.91 Å². The molecular formula is C19H28N6O. The van der Waals surface area contributed by atoms with E-state index in [1.807, 2.05) is 34.5 Å². The lowest BCUT2D eigenvalue weighted by molar-refractivity contribution is -0.133.